The van der Waals surface area contributed by atoms with Gasteiger partial charge in [-0.1, -0.05) is 13.0 Å². The second-order valence-electron chi connectivity index (χ2n) is 5.32. The Morgan fingerprint density at radius 1 is 1.24 bits per heavy atom. The van der Waals surface area contributed by atoms with E-state index in [-0.39, 0.29) is 22.8 Å². The second-order valence-corrected chi connectivity index (χ2v) is 6.27. The zero-order valence-corrected chi connectivity index (χ0v) is 13.9. The number of aromatic nitrogens is 1. The van der Waals surface area contributed by atoms with Crippen molar-refractivity contribution < 1.29 is 22.3 Å². The molecule has 0 aliphatic heterocycles. The van der Waals surface area contributed by atoms with Crippen LogP contribution in [0.15, 0.2) is 34.4 Å². The lowest BCUT2D eigenvalue weighted by Gasteiger charge is -2.15. The van der Waals surface area contributed by atoms with Crippen molar-refractivity contribution in [3.63, 3.8) is 0 Å². The van der Waals surface area contributed by atoms with Gasteiger partial charge >= 0.3 is 6.18 Å². The molecule has 3 rings (SSSR count). The summed E-state index contributed by atoms with van der Waals surface area (Å²) in [5, 5.41) is 1.11. The molecule has 0 saturated carbocycles. The summed E-state index contributed by atoms with van der Waals surface area (Å²) >= 11 is 0.979. The van der Waals surface area contributed by atoms with E-state index in [9.17, 15) is 22.4 Å². The van der Waals surface area contributed by atoms with Crippen LogP contribution in [-0.2, 0) is 6.18 Å². The Kier molecular flexibility index (Phi) is 4.55. The van der Waals surface area contributed by atoms with Gasteiger partial charge in [-0.05, 0) is 30.0 Å². The number of halogens is 4. The molecule has 0 radical (unpaired) electrons. The van der Waals surface area contributed by atoms with E-state index in [2.05, 4.69) is 4.98 Å². The van der Waals surface area contributed by atoms with Gasteiger partial charge in [0.1, 0.15) is 17.3 Å². The second kappa shape index (κ2) is 6.51. The van der Waals surface area contributed by atoms with E-state index in [1.54, 1.807) is 5.38 Å². The summed E-state index contributed by atoms with van der Waals surface area (Å²) < 4.78 is 60.2. The molecule has 0 aliphatic rings. The number of benzene rings is 1. The zero-order chi connectivity index (χ0) is 18.2. The van der Waals surface area contributed by atoms with Crippen LogP contribution in [0.3, 0.4) is 0 Å². The predicted octanol–water partition coefficient (Wildman–Crippen LogP) is 5.20. The lowest BCUT2D eigenvalue weighted by molar-refractivity contribution is -0.140. The van der Waals surface area contributed by atoms with Crippen LogP contribution in [0.25, 0.3) is 21.3 Å². The Bertz CT molecular complexity index is 961. The van der Waals surface area contributed by atoms with Crippen LogP contribution in [0.4, 0.5) is 17.6 Å². The van der Waals surface area contributed by atoms with Gasteiger partial charge in [-0.2, -0.15) is 13.2 Å². The number of ether oxygens (including phenoxy) is 1. The molecular formula is C17H13F4NO2S. The van der Waals surface area contributed by atoms with Gasteiger partial charge in [-0.3, -0.25) is 4.79 Å². The Hall–Kier alpha value is -2.35. The van der Waals surface area contributed by atoms with E-state index in [0.29, 0.717) is 6.42 Å². The summed E-state index contributed by atoms with van der Waals surface area (Å²) in [5.74, 6) is -0.884. The Labute approximate surface area is 143 Å². The molecule has 1 aromatic carbocycles. The molecule has 1 N–H and O–H groups in total. The number of pyridine rings is 1. The molecule has 2 aromatic heterocycles. The maximum absolute atomic E-state index is 14.2. The molecule has 0 amide bonds. The molecule has 8 heteroatoms. The summed E-state index contributed by atoms with van der Waals surface area (Å²) in [4.78, 5) is 15.1. The average molecular weight is 371 g/mol. The molecule has 0 spiro atoms. The number of alkyl halides is 3. The molecule has 0 bridgehead atoms. The van der Waals surface area contributed by atoms with Crippen LogP contribution >= 0.6 is 11.3 Å². The predicted molar refractivity (Wildman–Crippen MR) is 88.6 cm³/mol. The minimum Gasteiger partial charge on any atom is -0.491 e. The molecule has 0 fully saturated rings. The normalized spacial score (nSPS) is 11.9. The molecule has 2 heterocycles. The Balaban J connectivity index is 2.42. The first-order valence-electron chi connectivity index (χ1n) is 7.47. The van der Waals surface area contributed by atoms with Gasteiger partial charge in [0.25, 0.3) is 0 Å². The molecule has 0 atom stereocenters. The van der Waals surface area contributed by atoms with Gasteiger partial charge < -0.3 is 9.72 Å². The topological polar surface area (TPSA) is 42.1 Å². The summed E-state index contributed by atoms with van der Waals surface area (Å²) in [6, 6.07) is 5.16. The van der Waals surface area contributed by atoms with Crippen molar-refractivity contribution in [3.05, 3.63) is 51.4 Å². The lowest BCUT2D eigenvalue weighted by atomic mass is 10.1. The maximum Gasteiger partial charge on any atom is 0.432 e. The number of hydrogen-bond donors (Lipinski definition) is 1. The minimum atomic E-state index is -4.80. The first-order chi connectivity index (χ1) is 11.8. The third kappa shape index (κ3) is 3.13. The third-order valence-corrected chi connectivity index (χ3v) is 4.47. The first kappa shape index (κ1) is 17.5. The molecule has 3 nitrogen and oxygen atoms in total. The highest BCUT2D eigenvalue weighted by Crippen LogP contribution is 2.38. The molecule has 25 heavy (non-hydrogen) atoms. The fraction of sp³-hybridized carbons (Fsp3) is 0.235. The molecule has 0 aliphatic carbocycles. The van der Waals surface area contributed by atoms with Gasteiger partial charge in [0, 0.05) is 4.88 Å². The largest absolute Gasteiger partial charge is 0.491 e. The van der Waals surface area contributed by atoms with E-state index in [1.165, 1.54) is 18.2 Å². The summed E-state index contributed by atoms with van der Waals surface area (Å²) in [6.07, 6.45) is -4.19. The van der Waals surface area contributed by atoms with Crippen molar-refractivity contribution in [2.75, 3.05) is 6.61 Å². The van der Waals surface area contributed by atoms with Crippen LogP contribution in [0.1, 0.15) is 19.0 Å². The van der Waals surface area contributed by atoms with Crippen molar-refractivity contribution in [3.8, 4) is 16.2 Å². The molecular weight excluding hydrogens is 358 g/mol. The summed E-state index contributed by atoms with van der Waals surface area (Å²) in [5.41, 5.74) is -3.09. The molecule has 0 saturated heterocycles. The van der Waals surface area contributed by atoms with Crippen LogP contribution in [0.2, 0.25) is 0 Å². The smallest absolute Gasteiger partial charge is 0.432 e. The van der Waals surface area contributed by atoms with Gasteiger partial charge in [0.2, 0.25) is 5.43 Å². The van der Waals surface area contributed by atoms with Crippen molar-refractivity contribution >= 4 is 22.2 Å². The number of hydrogen-bond acceptors (Lipinski definition) is 3. The van der Waals surface area contributed by atoms with Crippen molar-refractivity contribution in [2.45, 2.75) is 19.5 Å². The Morgan fingerprint density at radius 2 is 2.00 bits per heavy atom. The maximum atomic E-state index is 14.2. The van der Waals surface area contributed by atoms with Gasteiger partial charge in [-0.25, -0.2) is 4.39 Å². The quantitative estimate of drug-likeness (QED) is 0.640. The summed E-state index contributed by atoms with van der Waals surface area (Å²) in [6.45, 7) is 2.06. The SMILES string of the molecule is CCCOc1ccc(F)c2c(=O)c(-c3cccs3)c(C(F)(F)F)[nH]c12. The minimum absolute atomic E-state index is 0.0126. The van der Waals surface area contributed by atoms with E-state index in [4.69, 9.17) is 4.74 Å². The third-order valence-electron chi connectivity index (χ3n) is 3.58. The van der Waals surface area contributed by atoms with Crippen molar-refractivity contribution in [1.29, 1.82) is 0 Å². The molecule has 3 aromatic rings. The van der Waals surface area contributed by atoms with Crippen molar-refractivity contribution in [1.82, 2.24) is 4.98 Å². The summed E-state index contributed by atoms with van der Waals surface area (Å²) in [7, 11) is 0. The Morgan fingerprint density at radius 3 is 2.60 bits per heavy atom. The number of nitrogens with one attached hydrogen (secondary N) is 1. The van der Waals surface area contributed by atoms with E-state index < -0.39 is 34.1 Å². The first-order valence-corrected chi connectivity index (χ1v) is 8.35. The van der Waals surface area contributed by atoms with Gasteiger partial charge in [-0.15, -0.1) is 11.3 Å². The van der Waals surface area contributed by atoms with Crippen LogP contribution in [-0.4, -0.2) is 11.6 Å². The average Bonchev–Trinajstić information content (AvgIpc) is 3.07. The standard InChI is InChI=1S/C17H13F4NO2S/c1-2-7-24-10-6-5-9(18)12-14(10)22-16(17(19,20)21)13(15(12)23)11-4-3-8-25-11/h3-6,8H,2,7H2,1H3,(H,22,23). The highest BCUT2D eigenvalue weighted by molar-refractivity contribution is 7.13. The van der Waals surface area contributed by atoms with E-state index in [1.807, 2.05) is 6.92 Å². The van der Waals surface area contributed by atoms with Crippen LogP contribution in [0, 0.1) is 5.82 Å². The monoisotopic (exact) mass is 371 g/mol. The number of H-pyrrole nitrogens is 1. The van der Waals surface area contributed by atoms with E-state index in [0.717, 1.165) is 17.4 Å². The number of thiophene rings is 1. The number of fused-ring (bicyclic) bond motifs is 1. The molecule has 0 unspecified atom stereocenters. The number of aromatic amines is 1. The number of rotatable bonds is 4. The zero-order valence-electron chi connectivity index (χ0n) is 13.0. The van der Waals surface area contributed by atoms with Gasteiger partial charge in [0.15, 0.2) is 0 Å². The van der Waals surface area contributed by atoms with Gasteiger partial charge in [0.05, 0.1) is 23.1 Å². The van der Waals surface area contributed by atoms with E-state index >= 15 is 0 Å². The highest BCUT2D eigenvalue weighted by atomic mass is 32.1. The fourth-order valence-electron chi connectivity index (χ4n) is 2.53. The lowest BCUT2D eigenvalue weighted by Crippen LogP contribution is -2.19. The van der Waals surface area contributed by atoms with Crippen LogP contribution < -0.4 is 10.2 Å². The fourth-order valence-corrected chi connectivity index (χ4v) is 3.30. The van der Waals surface area contributed by atoms with Crippen LogP contribution in [0.5, 0.6) is 5.75 Å². The molecule has 132 valence electrons. The highest BCUT2D eigenvalue weighted by Gasteiger charge is 2.37. The van der Waals surface area contributed by atoms with Crippen molar-refractivity contribution in [2.24, 2.45) is 0 Å².